The van der Waals surface area contributed by atoms with Crippen molar-refractivity contribution in [2.45, 2.75) is 6.92 Å². The maximum absolute atomic E-state index is 9.84. The zero-order valence-corrected chi connectivity index (χ0v) is 73.9. The molecule has 0 radical (unpaired) electrons. The van der Waals surface area contributed by atoms with Gasteiger partial charge in [-0.2, -0.15) is 0 Å². The van der Waals surface area contributed by atoms with Gasteiger partial charge in [0.15, 0.2) is 0 Å². The number of fused-ring (bicyclic) bond motifs is 14. The van der Waals surface area contributed by atoms with E-state index in [0.29, 0.717) is 14.7 Å². The maximum atomic E-state index is 9.84. The lowest BCUT2D eigenvalue weighted by atomic mass is 9.33. The van der Waals surface area contributed by atoms with Crippen LogP contribution in [0.15, 0.2) is 550 Å². The highest BCUT2D eigenvalue weighted by molar-refractivity contribution is 7.01. The standard InChI is InChI=1S/C67H46BN5.C66H48BN5/c1-45-34-37-62-56(40-45)55-30-16-19-33-61(55)73(62)51-36-39-64-58(42-51)68-57-41-50(72-59-31-17-14-28-53(59)54-29-15-18-32-60(54)72)35-38-63(57)70(48-24-10-4-11-25-48)65-43-52(44-66(67(65)68)71(64)49-26-12-5-13-27-49)69(46-20-6-2-7-21-46)47-22-8-3-9-23-47;1-9-25-49(26-10-1)68(50-27-11-2-12-28-50)57-41-43-62-60(45-57)67-61-46-58(69(51-29-13-3-14-30-51)52-31-15-4-16-32-52)42-44-63(61)72(56-39-23-8-24-40-56)65-48-59(47-64(66(65)67)71(62)55-37-21-7-22-38-55)70(53-33-17-5-18-34-53)54-35-19-6-20-36-54/h2-44H,1H3;1-48H/i2D,3D,4D,5D,6D,7D,8D,9D,10D,11D,12D,13D,14D,15D,16D,17D,18D,19D,20D,21D,22D,23D,24D,25D,26D,27D,28D,29D,30D,31D,32D,33D,34D,37D,40D;1D,2D,3D,4D,5D,6D,7D,8D,9D,10D,11D,12D,13D,14D,15D,16D,17D,18D,19D,20D,21D,22D,23D,24D,25D,26D,27D,28D,29D,30D,31D,32D,33D,34D,35D,36D,37D,38D,39D,40D. The molecule has 0 bridgehead atoms. The summed E-state index contributed by atoms with van der Waals surface area (Å²) >= 11 is 0. The number of anilines is 24. The minimum absolute atomic E-state index is 0.0495. The van der Waals surface area contributed by atoms with E-state index in [4.69, 9.17) is 46.6 Å². The number of benzene rings is 22. The summed E-state index contributed by atoms with van der Waals surface area (Å²) in [6.45, 7) is -2.21. The van der Waals surface area contributed by atoms with E-state index < -0.39 is 608 Å². The van der Waals surface area contributed by atoms with E-state index in [1.54, 1.807) is 0 Å². The summed E-state index contributed by atoms with van der Waals surface area (Å²) in [5.74, 6) is 0. The van der Waals surface area contributed by atoms with Gasteiger partial charge >= 0.3 is 0 Å². The molecule has 6 heterocycles. The summed E-state index contributed by atoms with van der Waals surface area (Å²) in [4.78, 5) is 6.91. The van der Waals surface area contributed by atoms with E-state index in [9.17, 15) is 56.2 Å². The average molecular weight is 1930 g/mol. The Morgan fingerprint density at radius 2 is 0.400 bits per heavy atom. The molecule has 0 saturated heterocycles. The zero-order valence-electron chi connectivity index (χ0n) is 149. The highest BCUT2D eigenvalue weighted by atomic mass is 15.2. The van der Waals surface area contributed by atoms with Gasteiger partial charge in [-0.15, -0.1) is 0 Å². The highest BCUT2D eigenvalue weighted by Gasteiger charge is 2.48. The van der Waals surface area contributed by atoms with Crippen LogP contribution in [0.25, 0.3) is 55.0 Å². The summed E-state index contributed by atoms with van der Waals surface area (Å²) in [6, 6.07) is -52.9. The number of hydrogen-bond acceptors (Lipinski definition) is 8. The van der Waals surface area contributed by atoms with Gasteiger partial charge in [0, 0.05) is 158 Å². The Balaban J connectivity index is 0.000000197. The molecule has 28 rings (SSSR count). The lowest BCUT2D eigenvalue weighted by molar-refractivity contribution is 1.17. The normalized spacial score (nSPS) is 19.6. The van der Waals surface area contributed by atoms with Crippen molar-refractivity contribution >= 4 is 226 Å². The van der Waals surface area contributed by atoms with E-state index in [2.05, 4.69) is 0 Å². The third-order valence-electron chi connectivity index (χ3n) is 24.4. The summed E-state index contributed by atoms with van der Waals surface area (Å²) in [5.41, 5.74) is -19.2. The third kappa shape index (κ3) is 14.7. The molecule has 0 unspecified atom stereocenters. The molecule has 0 fully saturated rings. The molecule has 682 valence electrons. The van der Waals surface area contributed by atoms with Crippen LogP contribution >= 0.6 is 0 Å². The fraction of sp³-hybridized carbons (Fsp3) is 0.00752. The van der Waals surface area contributed by atoms with E-state index >= 15 is 0 Å². The van der Waals surface area contributed by atoms with Crippen LogP contribution in [0.3, 0.4) is 0 Å². The SMILES string of the molecule is [2H]c1c([2H])c([2H])c(N2c3ccc(-n4c5c([2H])c([2H])c([2H])c([2H])c5c5c([2H])c([2H])c([2H])c([2H])c54)cc3B3c4cc(-n5c6c([2H])c([2H])c([2H])c([2H])c6c6c([2H])c(C)c([2H])c([2H])c65)ccc4N(c4c([2H])c([2H])c([2H])c([2H])c4[2H])c4cc(N(c5c([2H])c([2H])c([2H])c([2H])c5[2H])c5c([2H])c([2H])c([2H])c([2H])c5[2H])cc2c43)c([2H])c1[2H].[2H]c1c([2H])c([2H])c(N2c3ccc(N(c4c([2H])c([2H])c([2H])c([2H])c4[2H])c4c([2H])c([2H])c([2H])c([2H])c4[2H])cc3B3c4cc(N(c5c([2H])c([2H])c([2H])c([2H])c5[2H])c5c([2H])c([2H])c([2H])c([2H])c5[2H])ccc4N(c4c([2H])c([2H])c([2H])c([2H])c4[2H])c4cc(N(c5c([2H])c([2H])c([2H])c([2H])c5[2H])c5c([2H])c([2H])c([2H])c([2H])c5[2H])cc2c43)c([2H])c1[2H]. The molecule has 22 aromatic carbocycles. The minimum Gasteiger partial charge on any atom is -0.311 e. The van der Waals surface area contributed by atoms with Crippen LogP contribution in [-0.4, -0.2) is 22.6 Å². The number of nitrogens with zero attached hydrogens (tertiary/aromatic N) is 10. The highest BCUT2D eigenvalue weighted by Crippen LogP contribution is 2.54. The number of para-hydroxylation sites is 15. The molecule has 0 saturated carbocycles. The van der Waals surface area contributed by atoms with Gasteiger partial charge in [0.2, 0.25) is 0 Å². The van der Waals surface area contributed by atoms with Gasteiger partial charge in [0.1, 0.15) is 0 Å². The van der Waals surface area contributed by atoms with Gasteiger partial charge in [-0.1, -0.05) is 284 Å². The quantitative estimate of drug-likeness (QED) is 0.0787. The van der Waals surface area contributed by atoms with Gasteiger partial charge in [-0.05, 0) is 312 Å². The van der Waals surface area contributed by atoms with Gasteiger partial charge in [-0.3, -0.25) is 0 Å². The predicted octanol–water partition coefficient (Wildman–Crippen LogP) is 31.9. The van der Waals surface area contributed by atoms with Crippen molar-refractivity contribution in [1.82, 2.24) is 9.13 Å². The Bertz CT molecular complexity index is 12700. The van der Waals surface area contributed by atoms with Gasteiger partial charge in [0.25, 0.3) is 13.4 Å². The molecule has 2 aromatic heterocycles. The molecule has 0 N–H and O–H groups in total. The van der Waals surface area contributed by atoms with Crippen LogP contribution in [0.1, 0.15) is 108 Å². The Labute approximate surface area is 950 Å². The number of rotatable bonds is 18. The summed E-state index contributed by atoms with van der Waals surface area (Å²) in [7, 11) is 0. The first kappa shape index (κ1) is 38.2. The lowest BCUT2D eigenvalue weighted by Crippen LogP contribution is -2.61. The van der Waals surface area contributed by atoms with Crippen LogP contribution in [0.2, 0.25) is 0 Å². The third-order valence-corrected chi connectivity index (χ3v) is 24.4. The van der Waals surface area contributed by atoms with Crippen LogP contribution in [0.5, 0.6) is 0 Å². The Morgan fingerprint density at radius 3 is 0.676 bits per heavy atom. The molecule has 24 aromatic rings. The number of aromatic nitrogens is 2. The van der Waals surface area contributed by atoms with Crippen molar-refractivity contribution in [1.29, 1.82) is 0 Å². The topological polar surface area (TPSA) is 35.8 Å². The van der Waals surface area contributed by atoms with Crippen LogP contribution in [-0.2, 0) is 0 Å². The first-order valence-corrected chi connectivity index (χ1v) is 43.7. The van der Waals surface area contributed by atoms with E-state index in [-0.39, 0.29) is 88.2 Å². The van der Waals surface area contributed by atoms with E-state index in [1.807, 2.05) is 0 Å². The molecule has 0 aliphatic carbocycles. The lowest BCUT2D eigenvalue weighted by Gasteiger charge is -2.45. The van der Waals surface area contributed by atoms with Crippen molar-refractivity contribution in [3.63, 3.8) is 0 Å². The molecule has 145 heavy (non-hydrogen) atoms. The zero-order chi connectivity index (χ0) is 161. The molecular formula is C133H94B2N10. The van der Waals surface area contributed by atoms with Crippen LogP contribution in [0, 0.1) is 6.92 Å². The Kier molecular flexibility index (Phi) is 9.48. The van der Waals surface area contributed by atoms with Gasteiger partial charge < -0.3 is 48.3 Å². The summed E-state index contributed by atoms with van der Waals surface area (Å²) < 4.78 is 694. The molecule has 10 nitrogen and oxygen atoms in total. The predicted molar refractivity (Wildman–Crippen MR) is 613 cm³/mol. The maximum Gasteiger partial charge on any atom is 0.252 e. The average Bonchev–Trinajstić information content (AvgIpc) is 0.788. The molecule has 12 heteroatoms. The molecule has 4 aliphatic rings. The smallest absolute Gasteiger partial charge is 0.252 e. The van der Waals surface area contributed by atoms with Crippen molar-refractivity contribution in [3.05, 3.63) is 556 Å². The second-order valence-electron chi connectivity index (χ2n) is 32.1. The van der Waals surface area contributed by atoms with Crippen LogP contribution < -0.4 is 72.0 Å². The fourth-order valence-electron chi connectivity index (χ4n) is 19.0. The van der Waals surface area contributed by atoms with E-state index in [0.717, 1.165) is 89.7 Å². The number of hydrogen-bond donors (Lipinski definition) is 0. The monoisotopic (exact) mass is 1930 g/mol. The Morgan fingerprint density at radius 1 is 0.179 bits per heavy atom. The molecule has 4 aliphatic heterocycles. The van der Waals surface area contributed by atoms with E-state index in [1.165, 1.54) is 47.9 Å². The minimum atomic E-state index is -1.93. The summed E-state index contributed by atoms with van der Waals surface area (Å²) in [6.07, 6.45) is 0. The molecule has 0 amide bonds. The van der Waals surface area contributed by atoms with Crippen molar-refractivity contribution < 1.29 is 103 Å². The fourth-order valence-corrected chi connectivity index (χ4v) is 19.0. The second kappa shape index (κ2) is 36.0. The second-order valence-corrected chi connectivity index (χ2v) is 32.1. The molecule has 0 atom stereocenters. The van der Waals surface area contributed by atoms with Gasteiger partial charge in [-0.25, -0.2) is 0 Å². The first-order valence-electron chi connectivity index (χ1n) is 81.2. The summed E-state index contributed by atoms with van der Waals surface area (Å²) in [5, 5.41) is -1.19. The van der Waals surface area contributed by atoms with Crippen molar-refractivity contribution in [2.24, 2.45) is 0 Å². The Hall–Kier alpha value is -19.0. The largest absolute Gasteiger partial charge is 0.311 e. The van der Waals surface area contributed by atoms with Crippen LogP contribution in [0.4, 0.5) is 136 Å². The van der Waals surface area contributed by atoms with Gasteiger partial charge in [0.05, 0.1) is 136 Å². The van der Waals surface area contributed by atoms with Crippen molar-refractivity contribution in [2.75, 3.05) is 39.2 Å². The molecule has 0 spiro atoms. The molecular weight excluding hydrogens is 1760 g/mol. The first-order chi connectivity index (χ1) is 103. The van der Waals surface area contributed by atoms with Crippen molar-refractivity contribution in [3.8, 4) is 11.4 Å².